The van der Waals surface area contributed by atoms with Crippen LogP contribution in [-0.4, -0.2) is 25.2 Å². The van der Waals surface area contributed by atoms with Gasteiger partial charge in [0.15, 0.2) is 6.10 Å². The predicted octanol–water partition coefficient (Wildman–Crippen LogP) is 3.67. The number of hydrogen-bond donors (Lipinski definition) is 1. The molecule has 1 amide bonds. The van der Waals surface area contributed by atoms with Crippen LogP contribution >= 0.6 is 0 Å². The zero-order chi connectivity index (χ0) is 19.7. The Labute approximate surface area is 155 Å². The molecule has 0 radical (unpaired) electrons. The number of benzene rings is 2. The number of amides is 1. The summed E-state index contributed by atoms with van der Waals surface area (Å²) >= 11 is 0. The van der Waals surface area contributed by atoms with Crippen molar-refractivity contribution in [3.05, 3.63) is 60.2 Å². The van der Waals surface area contributed by atoms with E-state index in [0.29, 0.717) is 5.75 Å². The van der Waals surface area contributed by atoms with E-state index < -0.39 is 17.8 Å². The maximum atomic E-state index is 12.6. The Morgan fingerprint density at radius 2 is 1.78 bits per heavy atom. The van der Waals surface area contributed by atoms with Crippen LogP contribution in [0.5, 0.6) is 11.5 Å². The lowest BCUT2D eigenvalue weighted by atomic mass is 10.2. The fourth-order valence-electron chi connectivity index (χ4n) is 2.03. The van der Waals surface area contributed by atoms with Gasteiger partial charge in [-0.2, -0.15) is 13.2 Å². The lowest BCUT2D eigenvalue weighted by Crippen LogP contribution is -2.36. The molecule has 0 aromatic heterocycles. The van der Waals surface area contributed by atoms with Crippen LogP contribution in [0.15, 0.2) is 54.6 Å². The number of alkyl halides is 3. The Bertz CT molecular complexity index is 810. The molecular weight excluding hydrogens is 359 g/mol. The summed E-state index contributed by atoms with van der Waals surface area (Å²) in [6.07, 6.45) is -5.11. The normalized spacial score (nSPS) is 11.7. The molecule has 2 aromatic rings. The Balaban J connectivity index is 1.72. The Kier molecular flexibility index (Phi) is 7.12. The molecular formula is C20H18F3NO3. The van der Waals surface area contributed by atoms with Crippen LogP contribution in [0, 0.1) is 11.8 Å². The van der Waals surface area contributed by atoms with Crippen LogP contribution in [0.1, 0.15) is 12.5 Å². The third kappa shape index (κ3) is 6.94. The van der Waals surface area contributed by atoms with Crippen molar-refractivity contribution in [3.63, 3.8) is 0 Å². The molecule has 1 N–H and O–H groups in total. The first-order valence-corrected chi connectivity index (χ1v) is 8.11. The van der Waals surface area contributed by atoms with E-state index in [-0.39, 0.29) is 24.8 Å². The summed E-state index contributed by atoms with van der Waals surface area (Å²) in [4.78, 5) is 11.9. The topological polar surface area (TPSA) is 47.6 Å². The van der Waals surface area contributed by atoms with Gasteiger partial charge in [-0.25, -0.2) is 0 Å². The lowest BCUT2D eigenvalue weighted by Gasteiger charge is -2.13. The first kappa shape index (κ1) is 20.2. The summed E-state index contributed by atoms with van der Waals surface area (Å²) in [5.74, 6) is 5.63. The third-order valence-electron chi connectivity index (χ3n) is 3.37. The summed E-state index contributed by atoms with van der Waals surface area (Å²) < 4.78 is 48.4. The highest BCUT2D eigenvalue weighted by Gasteiger charge is 2.30. The predicted molar refractivity (Wildman–Crippen MR) is 94.3 cm³/mol. The van der Waals surface area contributed by atoms with Crippen LogP contribution in [0.3, 0.4) is 0 Å². The number of rotatable bonds is 6. The van der Waals surface area contributed by atoms with E-state index >= 15 is 0 Å². The average Bonchev–Trinajstić information content (AvgIpc) is 2.64. The molecule has 0 spiro atoms. The third-order valence-corrected chi connectivity index (χ3v) is 3.37. The minimum Gasteiger partial charge on any atom is -0.481 e. The average molecular weight is 377 g/mol. The molecule has 7 heteroatoms. The van der Waals surface area contributed by atoms with Gasteiger partial charge in [0, 0.05) is 0 Å². The number of nitrogens with one attached hydrogen (secondary N) is 1. The summed E-state index contributed by atoms with van der Waals surface area (Å²) in [5.41, 5.74) is -0.785. The van der Waals surface area contributed by atoms with Crippen molar-refractivity contribution in [3.8, 4) is 23.3 Å². The van der Waals surface area contributed by atoms with Crippen LogP contribution in [0.4, 0.5) is 13.2 Å². The first-order chi connectivity index (χ1) is 12.9. The van der Waals surface area contributed by atoms with Gasteiger partial charge in [-0.3, -0.25) is 4.79 Å². The Hall–Kier alpha value is -3.14. The molecule has 2 aromatic carbocycles. The molecule has 27 heavy (non-hydrogen) atoms. The Morgan fingerprint density at radius 3 is 2.48 bits per heavy atom. The standard InChI is InChI=1S/C20H18F3NO3/c1-15(27-17-9-3-2-4-10-17)19(25)24-12-5-6-13-26-18-11-7-8-16(14-18)20(21,22)23/h2-4,7-11,14-15H,12-13H2,1H3,(H,24,25). The van der Waals surface area contributed by atoms with Crippen molar-refractivity contribution in [2.24, 2.45) is 0 Å². The van der Waals surface area contributed by atoms with E-state index in [0.717, 1.165) is 12.1 Å². The largest absolute Gasteiger partial charge is 0.481 e. The van der Waals surface area contributed by atoms with Crippen LogP contribution in [-0.2, 0) is 11.0 Å². The lowest BCUT2D eigenvalue weighted by molar-refractivity contribution is -0.137. The van der Waals surface area contributed by atoms with E-state index in [1.807, 2.05) is 6.07 Å². The second-order valence-corrected chi connectivity index (χ2v) is 5.46. The van der Waals surface area contributed by atoms with Gasteiger partial charge in [-0.1, -0.05) is 36.1 Å². The van der Waals surface area contributed by atoms with Crippen molar-refractivity contribution in [1.29, 1.82) is 0 Å². The van der Waals surface area contributed by atoms with E-state index in [2.05, 4.69) is 17.2 Å². The minimum absolute atomic E-state index is 0.0767. The second-order valence-electron chi connectivity index (χ2n) is 5.46. The zero-order valence-corrected chi connectivity index (χ0v) is 14.5. The molecule has 0 bridgehead atoms. The fraction of sp³-hybridized carbons (Fsp3) is 0.250. The van der Waals surface area contributed by atoms with E-state index in [1.54, 1.807) is 31.2 Å². The van der Waals surface area contributed by atoms with Crippen LogP contribution < -0.4 is 14.8 Å². The van der Waals surface area contributed by atoms with Gasteiger partial charge in [-0.05, 0) is 37.3 Å². The smallest absolute Gasteiger partial charge is 0.416 e. The molecule has 0 aliphatic rings. The molecule has 0 saturated carbocycles. The van der Waals surface area contributed by atoms with Crippen molar-refractivity contribution in [2.75, 3.05) is 13.2 Å². The summed E-state index contributed by atoms with van der Waals surface area (Å²) in [6, 6.07) is 13.5. The molecule has 0 aliphatic heterocycles. The van der Waals surface area contributed by atoms with Gasteiger partial charge in [-0.15, -0.1) is 0 Å². The van der Waals surface area contributed by atoms with Gasteiger partial charge >= 0.3 is 6.18 Å². The quantitative estimate of drug-likeness (QED) is 0.782. The van der Waals surface area contributed by atoms with Crippen LogP contribution in [0.2, 0.25) is 0 Å². The van der Waals surface area contributed by atoms with Gasteiger partial charge in [0.05, 0.1) is 12.1 Å². The number of ether oxygens (including phenoxy) is 2. The number of halogens is 3. The highest BCUT2D eigenvalue weighted by atomic mass is 19.4. The molecule has 1 atom stereocenters. The van der Waals surface area contributed by atoms with E-state index in [9.17, 15) is 18.0 Å². The summed E-state index contributed by atoms with van der Waals surface area (Å²) in [7, 11) is 0. The van der Waals surface area contributed by atoms with Crippen LogP contribution in [0.25, 0.3) is 0 Å². The molecule has 2 rings (SSSR count). The van der Waals surface area contributed by atoms with Crippen molar-refractivity contribution < 1.29 is 27.4 Å². The van der Waals surface area contributed by atoms with Crippen molar-refractivity contribution in [2.45, 2.75) is 19.2 Å². The Morgan fingerprint density at radius 1 is 1.07 bits per heavy atom. The number of hydrogen-bond acceptors (Lipinski definition) is 3. The number of carbonyl (C=O) groups is 1. The van der Waals surface area contributed by atoms with Gasteiger partial charge in [0.2, 0.25) is 0 Å². The molecule has 0 fully saturated rings. The molecule has 4 nitrogen and oxygen atoms in total. The van der Waals surface area contributed by atoms with E-state index in [1.165, 1.54) is 12.1 Å². The summed E-state index contributed by atoms with van der Waals surface area (Å²) in [6.45, 7) is 1.60. The molecule has 0 saturated heterocycles. The zero-order valence-electron chi connectivity index (χ0n) is 14.5. The maximum Gasteiger partial charge on any atom is 0.416 e. The SMILES string of the molecule is CC(Oc1ccccc1)C(=O)NCC#CCOc1cccc(C(F)(F)F)c1. The van der Waals surface area contributed by atoms with E-state index in [4.69, 9.17) is 9.47 Å². The number of carbonyl (C=O) groups excluding carboxylic acids is 1. The van der Waals surface area contributed by atoms with Gasteiger partial charge < -0.3 is 14.8 Å². The minimum atomic E-state index is -4.42. The molecule has 1 unspecified atom stereocenters. The highest BCUT2D eigenvalue weighted by molar-refractivity contribution is 5.80. The van der Waals surface area contributed by atoms with Gasteiger partial charge in [0.25, 0.3) is 5.91 Å². The van der Waals surface area contributed by atoms with Gasteiger partial charge in [0.1, 0.15) is 18.1 Å². The summed E-state index contributed by atoms with van der Waals surface area (Å²) in [5, 5.41) is 2.59. The molecule has 0 aliphatic carbocycles. The fourth-order valence-corrected chi connectivity index (χ4v) is 2.03. The highest BCUT2D eigenvalue weighted by Crippen LogP contribution is 2.31. The first-order valence-electron chi connectivity index (χ1n) is 8.11. The monoisotopic (exact) mass is 377 g/mol. The molecule has 0 heterocycles. The number of para-hydroxylation sites is 1. The second kappa shape index (κ2) is 9.53. The van der Waals surface area contributed by atoms with Crippen molar-refractivity contribution >= 4 is 5.91 Å². The van der Waals surface area contributed by atoms with Crippen molar-refractivity contribution in [1.82, 2.24) is 5.32 Å². The molecule has 142 valence electrons. The maximum absolute atomic E-state index is 12.6.